The molecule has 0 bridgehead atoms. The summed E-state index contributed by atoms with van der Waals surface area (Å²) in [6.45, 7) is 0. The quantitative estimate of drug-likeness (QED) is 0.261. The maximum atomic E-state index is 11.8. The maximum absolute atomic E-state index is 11.8. The summed E-state index contributed by atoms with van der Waals surface area (Å²) < 4.78 is 37.9. The van der Waals surface area contributed by atoms with E-state index < -0.39 is 22.0 Å². The number of aromatic nitrogens is 1. The van der Waals surface area contributed by atoms with Gasteiger partial charge in [-0.3, -0.25) is 9.71 Å². The summed E-state index contributed by atoms with van der Waals surface area (Å²) in [4.78, 5) is 17.6. The lowest BCUT2D eigenvalue weighted by Gasteiger charge is -2.26. The van der Waals surface area contributed by atoms with Crippen molar-refractivity contribution in [3.63, 3.8) is 0 Å². The molecule has 1 aliphatic heterocycles. The van der Waals surface area contributed by atoms with Gasteiger partial charge < -0.3 is 24.5 Å². The molecule has 0 unspecified atom stereocenters. The highest BCUT2D eigenvalue weighted by molar-refractivity contribution is 7.92. The second-order valence-corrected chi connectivity index (χ2v) is 11.0. The highest BCUT2D eigenvalue weighted by atomic mass is 32.2. The number of carboxylic acid groups (broad SMARTS) is 1. The standard InChI is InChI=1S/C27H24N4O6S2/c1-36-23-15-18(10-11-19(23)30-39(2,34)35)31-25(24(29-27(31)38)20-5-3-4-14-28-20)22-13-12-21(37-22)16-6-8-17(9-7-16)26(32)33/h3-15,24-25,30H,1-2H3,(H,29,38)(H,32,33)/t24-,25+/m1/s1. The Bertz CT molecular complexity index is 1640. The van der Waals surface area contributed by atoms with Crippen LogP contribution >= 0.6 is 12.2 Å². The van der Waals surface area contributed by atoms with Crippen LogP contribution in [0.2, 0.25) is 0 Å². The van der Waals surface area contributed by atoms with E-state index in [4.69, 9.17) is 21.4 Å². The van der Waals surface area contributed by atoms with Gasteiger partial charge in [0.15, 0.2) is 5.11 Å². The summed E-state index contributed by atoms with van der Waals surface area (Å²) in [5.41, 5.74) is 2.59. The summed E-state index contributed by atoms with van der Waals surface area (Å²) in [6.07, 6.45) is 2.77. The number of anilines is 2. The molecule has 0 spiro atoms. The predicted molar refractivity (Wildman–Crippen MR) is 150 cm³/mol. The number of ether oxygens (including phenoxy) is 1. The summed E-state index contributed by atoms with van der Waals surface area (Å²) >= 11 is 5.75. The molecule has 5 rings (SSSR count). The van der Waals surface area contributed by atoms with Gasteiger partial charge in [0.05, 0.1) is 36.4 Å². The Balaban J connectivity index is 1.57. The number of methoxy groups -OCH3 is 1. The first-order valence-corrected chi connectivity index (χ1v) is 14.0. The number of nitrogens with zero attached hydrogens (tertiary/aromatic N) is 2. The first-order chi connectivity index (χ1) is 18.6. The molecule has 0 saturated carbocycles. The smallest absolute Gasteiger partial charge is 0.335 e. The molecule has 10 nitrogen and oxygen atoms in total. The number of carboxylic acids is 1. The minimum atomic E-state index is -3.52. The Morgan fingerprint density at radius 3 is 2.54 bits per heavy atom. The lowest BCUT2D eigenvalue weighted by Crippen LogP contribution is -2.29. The number of carbonyl (C=O) groups is 1. The minimum Gasteiger partial charge on any atom is -0.494 e. The SMILES string of the molecule is COc1cc(N2C(=S)N[C@H](c3ccccn3)[C@@H]2c2ccc(-c3ccc(C(=O)O)cc3)o2)ccc1NS(C)(=O)=O. The van der Waals surface area contributed by atoms with Crippen molar-refractivity contribution < 1.29 is 27.5 Å². The van der Waals surface area contributed by atoms with Crippen molar-refractivity contribution in [2.24, 2.45) is 0 Å². The zero-order valence-corrected chi connectivity index (χ0v) is 22.5. The first kappa shape index (κ1) is 26.2. The molecule has 12 heteroatoms. The van der Waals surface area contributed by atoms with E-state index in [-0.39, 0.29) is 11.6 Å². The molecule has 2 aromatic heterocycles. The number of furan rings is 1. The van der Waals surface area contributed by atoms with Gasteiger partial charge in [0.2, 0.25) is 10.0 Å². The van der Waals surface area contributed by atoms with E-state index >= 15 is 0 Å². The van der Waals surface area contributed by atoms with Crippen molar-refractivity contribution >= 4 is 44.7 Å². The van der Waals surface area contributed by atoms with Crippen LogP contribution in [0.1, 0.15) is 33.9 Å². The minimum absolute atomic E-state index is 0.181. The normalized spacial score (nSPS) is 17.1. The van der Waals surface area contributed by atoms with Crippen LogP contribution in [-0.2, 0) is 10.0 Å². The lowest BCUT2D eigenvalue weighted by molar-refractivity contribution is 0.0697. The van der Waals surface area contributed by atoms with Crippen LogP contribution in [0.15, 0.2) is 83.4 Å². The van der Waals surface area contributed by atoms with Crippen molar-refractivity contribution in [1.29, 1.82) is 0 Å². The van der Waals surface area contributed by atoms with Crippen molar-refractivity contribution in [1.82, 2.24) is 10.3 Å². The molecule has 4 aromatic rings. The molecular formula is C27H24N4O6S2. The van der Waals surface area contributed by atoms with Crippen LogP contribution in [0.25, 0.3) is 11.3 Å². The topological polar surface area (TPSA) is 134 Å². The van der Waals surface area contributed by atoms with Crippen LogP contribution in [0.5, 0.6) is 5.75 Å². The fraction of sp³-hybridized carbons (Fsp3) is 0.148. The monoisotopic (exact) mass is 564 g/mol. The Morgan fingerprint density at radius 1 is 1.13 bits per heavy atom. The Hall–Kier alpha value is -4.42. The largest absolute Gasteiger partial charge is 0.494 e. The molecule has 200 valence electrons. The number of hydrogen-bond acceptors (Lipinski definition) is 7. The van der Waals surface area contributed by atoms with Gasteiger partial charge in [-0.15, -0.1) is 0 Å². The third-order valence-corrected chi connectivity index (χ3v) is 7.10. The second-order valence-electron chi connectivity index (χ2n) is 8.84. The average Bonchev–Trinajstić information content (AvgIpc) is 3.53. The fourth-order valence-corrected chi connectivity index (χ4v) is 5.39. The lowest BCUT2D eigenvalue weighted by atomic mass is 10.0. The maximum Gasteiger partial charge on any atom is 0.335 e. The Labute approximate surface area is 230 Å². The van der Waals surface area contributed by atoms with Gasteiger partial charge in [0, 0.05) is 23.5 Å². The second kappa shape index (κ2) is 10.4. The molecule has 1 saturated heterocycles. The number of nitrogens with one attached hydrogen (secondary N) is 2. The van der Waals surface area contributed by atoms with Gasteiger partial charge in [-0.25, -0.2) is 13.2 Å². The number of benzene rings is 2. The molecule has 0 radical (unpaired) electrons. The van der Waals surface area contributed by atoms with E-state index in [1.165, 1.54) is 19.2 Å². The van der Waals surface area contributed by atoms with Crippen molar-refractivity contribution in [2.75, 3.05) is 23.0 Å². The summed E-state index contributed by atoms with van der Waals surface area (Å²) in [5, 5.41) is 13.0. The van der Waals surface area contributed by atoms with Crippen molar-refractivity contribution in [3.05, 3.63) is 96.0 Å². The number of rotatable bonds is 8. The van der Waals surface area contributed by atoms with E-state index in [0.29, 0.717) is 33.8 Å². The molecule has 2 aromatic carbocycles. The third kappa shape index (κ3) is 5.42. The number of sulfonamides is 1. The van der Waals surface area contributed by atoms with Gasteiger partial charge in [-0.1, -0.05) is 18.2 Å². The summed E-state index contributed by atoms with van der Waals surface area (Å²) in [5.74, 6) is 0.464. The fourth-order valence-electron chi connectivity index (χ4n) is 4.48. The van der Waals surface area contributed by atoms with Crippen LogP contribution in [0, 0.1) is 0 Å². The summed E-state index contributed by atoms with van der Waals surface area (Å²) in [7, 11) is -2.07. The molecule has 1 fully saturated rings. The van der Waals surface area contributed by atoms with Gasteiger partial charge in [-0.2, -0.15) is 0 Å². The van der Waals surface area contributed by atoms with E-state index in [0.717, 1.165) is 17.5 Å². The number of hydrogen-bond donors (Lipinski definition) is 3. The Kier molecular flexibility index (Phi) is 6.98. The number of pyridine rings is 1. The van der Waals surface area contributed by atoms with E-state index in [9.17, 15) is 18.3 Å². The van der Waals surface area contributed by atoms with E-state index in [2.05, 4.69) is 15.0 Å². The molecule has 1 aliphatic rings. The molecule has 3 heterocycles. The Morgan fingerprint density at radius 2 is 1.90 bits per heavy atom. The average molecular weight is 565 g/mol. The highest BCUT2D eigenvalue weighted by Crippen LogP contribution is 2.44. The predicted octanol–water partition coefficient (Wildman–Crippen LogP) is 4.60. The van der Waals surface area contributed by atoms with Crippen LogP contribution in [0.3, 0.4) is 0 Å². The van der Waals surface area contributed by atoms with Gasteiger partial charge in [0.25, 0.3) is 0 Å². The number of thiocarbonyl (C=S) groups is 1. The summed E-state index contributed by atoms with van der Waals surface area (Å²) in [6, 6.07) is 19.9. The molecule has 0 amide bonds. The van der Waals surface area contributed by atoms with Gasteiger partial charge >= 0.3 is 5.97 Å². The van der Waals surface area contributed by atoms with Crippen LogP contribution in [-0.4, -0.2) is 43.0 Å². The van der Waals surface area contributed by atoms with Crippen LogP contribution < -0.4 is 19.7 Å². The molecular weight excluding hydrogens is 540 g/mol. The van der Waals surface area contributed by atoms with Gasteiger partial charge in [0.1, 0.15) is 23.3 Å². The van der Waals surface area contributed by atoms with Crippen LogP contribution in [0.4, 0.5) is 11.4 Å². The van der Waals surface area contributed by atoms with E-state index in [1.54, 1.807) is 36.5 Å². The van der Waals surface area contributed by atoms with Crippen molar-refractivity contribution in [3.8, 4) is 17.1 Å². The molecule has 2 atom stereocenters. The van der Waals surface area contributed by atoms with E-state index in [1.807, 2.05) is 35.2 Å². The van der Waals surface area contributed by atoms with Crippen molar-refractivity contribution in [2.45, 2.75) is 12.1 Å². The van der Waals surface area contributed by atoms with Gasteiger partial charge in [-0.05, 0) is 60.7 Å². The highest BCUT2D eigenvalue weighted by Gasteiger charge is 2.42. The zero-order valence-electron chi connectivity index (χ0n) is 20.9. The molecule has 3 N–H and O–H groups in total. The molecule has 0 aliphatic carbocycles. The molecule has 39 heavy (non-hydrogen) atoms. The number of aromatic carboxylic acids is 1. The zero-order chi connectivity index (χ0) is 27.7. The first-order valence-electron chi connectivity index (χ1n) is 11.7. The third-order valence-electron chi connectivity index (χ3n) is 6.19.